The van der Waals surface area contributed by atoms with Crippen molar-refractivity contribution in [2.75, 3.05) is 25.6 Å². The number of benzene rings is 2. The van der Waals surface area contributed by atoms with E-state index in [-0.39, 0.29) is 0 Å². The minimum Gasteiger partial charge on any atom is -0.497 e. The number of methoxy groups -OCH3 is 1. The molecular weight excluding hydrogens is 274 g/mol. The molecule has 0 radical (unpaired) electrons. The third-order valence-electron chi connectivity index (χ3n) is 2.85. The first kappa shape index (κ1) is 14.7. The second-order valence-electron chi connectivity index (χ2n) is 4.33. The van der Waals surface area contributed by atoms with Gasteiger partial charge in [0, 0.05) is 17.3 Å². The maximum atomic E-state index is 5.82. The molecule has 2 aromatic rings. The molecule has 0 heterocycles. The van der Waals surface area contributed by atoms with Gasteiger partial charge < -0.3 is 14.8 Å². The molecule has 0 unspecified atom stereocenters. The lowest BCUT2D eigenvalue weighted by Crippen LogP contribution is -2.09. The summed E-state index contributed by atoms with van der Waals surface area (Å²) in [5, 5.41) is 4.01. The van der Waals surface area contributed by atoms with E-state index < -0.39 is 0 Å². The van der Waals surface area contributed by atoms with Crippen molar-refractivity contribution in [1.82, 2.24) is 0 Å². The highest BCUT2D eigenvalue weighted by molar-refractivity contribution is 6.30. The summed E-state index contributed by atoms with van der Waals surface area (Å²) in [6.45, 7) is 2.01. The summed E-state index contributed by atoms with van der Waals surface area (Å²) < 4.78 is 10.7. The molecule has 0 aliphatic carbocycles. The normalized spacial score (nSPS) is 10.3. The van der Waals surface area contributed by atoms with Gasteiger partial charge in [-0.25, -0.2) is 0 Å². The molecule has 0 bridgehead atoms. The maximum absolute atomic E-state index is 5.82. The lowest BCUT2D eigenvalue weighted by Gasteiger charge is -2.08. The van der Waals surface area contributed by atoms with Crippen molar-refractivity contribution in [2.45, 2.75) is 6.61 Å². The topological polar surface area (TPSA) is 30.5 Å². The molecule has 0 amide bonds. The van der Waals surface area contributed by atoms with Crippen molar-refractivity contribution in [2.24, 2.45) is 0 Å². The third-order valence-corrected chi connectivity index (χ3v) is 3.10. The fourth-order valence-corrected chi connectivity index (χ4v) is 1.87. The average molecular weight is 292 g/mol. The minimum absolute atomic E-state index is 0.603. The van der Waals surface area contributed by atoms with Gasteiger partial charge in [-0.3, -0.25) is 0 Å². The fraction of sp³-hybridized carbons (Fsp3) is 0.250. The fourth-order valence-electron chi connectivity index (χ4n) is 1.75. The lowest BCUT2D eigenvalue weighted by molar-refractivity contribution is 0.130. The van der Waals surface area contributed by atoms with Crippen LogP contribution in [0.5, 0.6) is 5.75 Å². The van der Waals surface area contributed by atoms with E-state index in [0.29, 0.717) is 13.2 Å². The van der Waals surface area contributed by atoms with Crippen LogP contribution in [0, 0.1) is 0 Å². The Balaban J connectivity index is 1.64. The molecule has 0 spiro atoms. The SMILES string of the molecule is COc1ccc(COCCNc2ccc(Cl)cc2)cc1. The Morgan fingerprint density at radius 2 is 1.70 bits per heavy atom. The van der Waals surface area contributed by atoms with Crippen LogP contribution in [0.2, 0.25) is 5.02 Å². The summed E-state index contributed by atoms with van der Waals surface area (Å²) in [4.78, 5) is 0. The van der Waals surface area contributed by atoms with Crippen molar-refractivity contribution < 1.29 is 9.47 Å². The molecule has 0 saturated heterocycles. The summed E-state index contributed by atoms with van der Waals surface area (Å²) in [6.07, 6.45) is 0. The second kappa shape index (κ2) is 7.78. The molecule has 106 valence electrons. The quantitative estimate of drug-likeness (QED) is 0.783. The predicted octanol–water partition coefficient (Wildman–Crippen LogP) is 3.98. The van der Waals surface area contributed by atoms with E-state index >= 15 is 0 Å². The number of halogens is 1. The van der Waals surface area contributed by atoms with Crippen LogP contribution < -0.4 is 10.1 Å². The number of nitrogens with one attached hydrogen (secondary N) is 1. The smallest absolute Gasteiger partial charge is 0.118 e. The summed E-state index contributed by atoms with van der Waals surface area (Å²) >= 11 is 5.82. The van der Waals surface area contributed by atoms with E-state index in [9.17, 15) is 0 Å². The lowest BCUT2D eigenvalue weighted by atomic mass is 10.2. The molecule has 2 rings (SSSR count). The highest BCUT2D eigenvalue weighted by Crippen LogP contribution is 2.13. The Kier molecular flexibility index (Phi) is 5.71. The van der Waals surface area contributed by atoms with E-state index in [1.165, 1.54) is 0 Å². The van der Waals surface area contributed by atoms with Crippen molar-refractivity contribution in [1.29, 1.82) is 0 Å². The maximum Gasteiger partial charge on any atom is 0.118 e. The summed E-state index contributed by atoms with van der Waals surface area (Å²) in [6, 6.07) is 15.5. The first-order valence-electron chi connectivity index (χ1n) is 6.48. The molecule has 2 aromatic carbocycles. The minimum atomic E-state index is 0.603. The Morgan fingerprint density at radius 1 is 1.00 bits per heavy atom. The van der Waals surface area contributed by atoms with Crippen molar-refractivity contribution in [3.63, 3.8) is 0 Å². The summed E-state index contributed by atoms with van der Waals surface area (Å²) in [7, 11) is 1.66. The molecule has 0 aliphatic rings. The molecule has 0 saturated carbocycles. The number of hydrogen-bond acceptors (Lipinski definition) is 3. The number of rotatable bonds is 7. The molecule has 4 heteroatoms. The highest BCUT2D eigenvalue weighted by Gasteiger charge is 1.96. The third kappa shape index (κ3) is 4.76. The zero-order valence-electron chi connectivity index (χ0n) is 11.4. The first-order valence-corrected chi connectivity index (χ1v) is 6.86. The van der Waals surface area contributed by atoms with Crippen LogP contribution in [0.3, 0.4) is 0 Å². The van der Waals surface area contributed by atoms with Crippen LogP contribution >= 0.6 is 11.6 Å². The van der Waals surface area contributed by atoms with Gasteiger partial charge in [-0.2, -0.15) is 0 Å². The van der Waals surface area contributed by atoms with E-state index in [2.05, 4.69) is 5.32 Å². The first-order chi connectivity index (χ1) is 9.78. The molecule has 0 fully saturated rings. The predicted molar refractivity (Wildman–Crippen MR) is 82.6 cm³/mol. The zero-order valence-corrected chi connectivity index (χ0v) is 12.2. The number of hydrogen-bond donors (Lipinski definition) is 1. The van der Waals surface area contributed by atoms with Gasteiger partial charge in [-0.1, -0.05) is 23.7 Å². The van der Waals surface area contributed by atoms with Gasteiger partial charge in [-0.15, -0.1) is 0 Å². The van der Waals surface area contributed by atoms with Crippen molar-refractivity contribution in [3.05, 3.63) is 59.1 Å². The van der Waals surface area contributed by atoms with Gasteiger partial charge in [0.2, 0.25) is 0 Å². The Morgan fingerprint density at radius 3 is 2.35 bits per heavy atom. The van der Waals surface area contributed by atoms with Gasteiger partial charge in [0.1, 0.15) is 5.75 Å². The largest absolute Gasteiger partial charge is 0.497 e. The Hall–Kier alpha value is -1.71. The van der Waals surface area contributed by atoms with Gasteiger partial charge >= 0.3 is 0 Å². The average Bonchev–Trinajstić information content (AvgIpc) is 2.49. The highest BCUT2D eigenvalue weighted by atomic mass is 35.5. The van der Waals surface area contributed by atoms with E-state index in [4.69, 9.17) is 21.1 Å². The van der Waals surface area contributed by atoms with Crippen LogP contribution in [0.1, 0.15) is 5.56 Å². The van der Waals surface area contributed by atoms with E-state index in [1.807, 2.05) is 48.5 Å². The summed E-state index contributed by atoms with van der Waals surface area (Å²) in [5.74, 6) is 0.859. The van der Waals surface area contributed by atoms with Crippen molar-refractivity contribution in [3.8, 4) is 5.75 Å². The van der Waals surface area contributed by atoms with Gasteiger partial charge in [-0.05, 0) is 42.0 Å². The number of anilines is 1. The van der Waals surface area contributed by atoms with Crippen LogP contribution in [-0.2, 0) is 11.3 Å². The monoisotopic (exact) mass is 291 g/mol. The van der Waals surface area contributed by atoms with E-state index in [1.54, 1.807) is 7.11 Å². The molecule has 20 heavy (non-hydrogen) atoms. The van der Waals surface area contributed by atoms with Crippen LogP contribution in [0.15, 0.2) is 48.5 Å². The van der Waals surface area contributed by atoms with Crippen molar-refractivity contribution >= 4 is 17.3 Å². The molecule has 1 N–H and O–H groups in total. The van der Waals surface area contributed by atoms with Gasteiger partial charge in [0.05, 0.1) is 20.3 Å². The summed E-state index contributed by atoms with van der Waals surface area (Å²) in [5.41, 5.74) is 2.18. The van der Waals surface area contributed by atoms with Gasteiger partial charge in [0.25, 0.3) is 0 Å². The molecule has 3 nitrogen and oxygen atoms in total. The van der Waals surface area contributed by atoms with Crippen LogP contribution in [0.25, 0.3) is 0 Å². The zero-order chi connectivity index (χ0) is 14.2. The van der Waals surface area contributed by atoms with E-state index in [0.717, 1.165) is 28.6 Å². The molecule has 0 aliphatic heterocycles. The Labute approximate surface area is 124 Å². The van der Waals surface area contributed by atoms with Crippen LogP contribution in [-0.4, -0.2) is 20.3 Å². The number of ether oxygens (including phenoxy) is 2. The molecule has 0 aromatic heterocycles. The molecule has 0 atom stereocenters. The standard InChI is InChI=1S/C16H18ClNO2/c1-19-16-8-2-13(3-9-16)12-20-11-10-18-15-6-4-14(17)5-7-15/h2-9,18H,10-12H2,1H3. The van der Waals surface area contributed by atoms with Gasteiger partial charge in [0.15, 0.2) is 0 Å². The Bertz CT molecular complexity index is 511. The van der Waals surface area contributed by atoms with Crippen LogP contribution in [0.4, 0.5) is 5.69 Å². The second-order valence-corrected chi connectivity index (χ2v) is 4.77. The molecular formula is C16H18ClNO2.